The second kappa shape index (κ2) is 12.1. The first kappa shape index (κ1) is 25.2. The lowest BCUT2D eigenvalue weighted by atomic mass is 10.1. The van der Waals surface area contributed by atoms with Crippen LogP contribution in [0, 0.1) is 0 Å². The molecule has 0 bridgehead atoms. The number of hydrogen-bond acceptors (Lipinski definition) is 4. The molecule has 2 rings (SSSR count). The molecule has 0 radical (unpaired) electrons. The van der Waals surface area contributed by atoms with Gasteiger partial charge in [-0.05, 0) is 70.0 Å². The molecule has 0 saturated heterocycles. The standard InChI is InChI=1S/C25H36N4O3/c1-18(2)32-22-12-10-21(11-13-22)28-24(27-16-23(30)29-25(3,4)5)26-15-19-8-7-9-20(14-19)17-31-6/h7-14,18H,15-17H2,1-6H3,(H,29,30)(H2,26,27,28). The van der Waals surface area contributed by atoms with Crippen LogP contribution >= 0.6 is 0 Å². The van der Waals surface area contributed by atoms with Crippen molar-refractivity contribution in [3.05, 3.63) is 59.7 Å². The van der Waals surface area contributed by atoms with E-state index >= 15 is 0 Å². The summed E-state index contributed by atoms with van der Waals surface area (Å²) in [6.45, 7) is 11.0. The van der Waals surface area contributed by atoms with E-state index in [0.717, 1.165) is 22.6 Å². The van der Waals surface area contributed by atoms with Gasteiger partial charge in [0.25, 0.3) is 0 Å². The first-order valence-electron chi connectivity index (χ1n) is 10.8. The minimum absolute atomic E-state index is 0.102. The Morgan fingerprint density at radius 3 is 2.38 bits per heavy atom. The molecule has 0 aromatic heterocycles. The molecule has 0 aliphatic heterocycles. The quantitative estimate of drug-likeness (QED) is 0.404. The van der Waals surface area contributed by atoms with Crippen LogP contribution in [0.5, 0.6) is 5.75 Å². The largest absolute Gasteiger partial charge is 0.491 e. The molecular weight excluding hydrogens is 404 g/mol. The lowest BCUT2D eigenvalue weighted by Gasteiger charge is -2.21. The summed E-state index contributed by atoms with van der Waals surface area (Å²) in [6.07, 6.45) is 0.114. The molecule has 2 aromatic carbocycles. The molecule has 7 nitrogen and oxygen atoms in total. The van der Waals surface area contributed by atoms with Gasteiger partial charge >= 0.3 is 0 Å². The van der Waals surface area contributed by atoms with Crippen LogP contribution in [0.2, 0.25) is 0 Å². The zero-order valence-corrected chi connectivity index (χ0v) is 20.0. The van der Waals surface area contributed by atoms with Gasteiger partial charge < -0.3 is 25.4 Å². The van der Waals surface area contributed by atoms with Gasteiger partial charge in [-0.1, -0.05) is 24.3 Å². The molecule has 32 heavy (non-hydrogen) atoms. The maximum absolute atomic E-state index is 12.3. The van der Waals surface area contributed by atoms with Crippen molar-refractivity contribution in [2.75, 3.05) is 19.0 Å². The van der Waals surface area contributed by atoms with Gasteiger partial charge in [0.1, 0.15) is 5.75 Å². The van der Waals surface area contributed by atoms with E-state index in [1.807, 2.05) is 77.1 Å². The van der Waals surface area contributed by atoms with Gasteiger partial charge in [-0.2, -0.15) is 0 Å². The number of nitrogens with one attached hydrogen (secondary N) is 3. The number of nitrogens with zero attached hydrogens (tertiary/aromatic N) is 1. The molecule has 0 saturated carbocycles. The molecule has 0 fully saturated rings. The van der Waals surface area contributed by atoms with Crippen molar-refractivity contribution < 1.29 is 14.3 Å². The highest BCUT2D eigenvalue weighted by Crippen LogP contribution is 2.17. The number of ether oxygens (including phenoxy) is 2. The fraction of sp³-hybridized carbons (Fsp3) is 0.440. The summed E-state index contributed by atoms with van der Waals surface area (Å²) in [7, 11) is 1.68. The van der Waals surface area contributed by atoms with Gasteiger partial charge in [-0.25, -0.2) is 4.99 Å². The highest BCUT2D eigenvalue weighted by molar-refractivity contribution is 5.96. The predicted molar refractivity (Wildman–Crippen MR) is 130 cm³/mol. The summed E-state index contributed by atoms with van der Waals surface area (Å²) >= 11 is 0. The smallest absolute Gasteiger partial charge is 0.239 e. The highest BCUT2D eigenvalue weighted by Gasteiger charge is 2.14. The minimum Gasteiger partial charge on any atom is -0.491 e. The molecule has 0 aliphatic carbocycles. The number of methoxy groups -OCH3 is 1. The van der Waals surface area contributed by atoms with Gasteiger partial charge in [0.2, 0.25) is 5.91 Å². The molecule has 7 heteroatoms. The molecule has 0 spiro atoms. The number of hydrogen-bond donors (Lipinski definition) is 3. The van der Waals surface area contributed by atoms with Crippen LogP contribution in [0.15, 0.2) is 53.5 Å². The summed E-state index contributed by atoms with van der Waals surface area (Å²) in [5.74, 6) is 1.22. The van der Waals surface area contributed by atoms with Gasteiger partial charge in [-0.15, -0.1) is 0 Å². The summed E-state index contributed by atoms with van der Waals surface area (Å²) in [5, 5.41) is 9.33. The number of benzene rings is 2. The number of amides is 1. The second-order valence-corrected chi connectivity index (χ2v) is 8.89. The first-order valence-corrected chi connectivity index (χ1v) is 10.8. The Balaban J connectivity index is 2.11. The zero-order valence-electron chi connectivity index (χ0n) is 20.0. The lowest BCUT2D eigenvalue weighted by molar-refractivity contribution is -0.121. The van der Waals surface area contributed by atoms with Crippen molar-refractivity contribution in [2.24, 2.45) is 4.99 Å². The van der Waals surface area contributed by atoms with E-state index in [9.17, 15) is 4.79 Å². The Kier molecular flexibility index (Phi) is 9.53. The Hall–Kier alpha value is -3.06. The number of guanidine groups is 1. The molecule has 0 unspecified atom stereocenters. The maximum atomic E-state index is 12.3. The average molecular weight is 441 g/mol. The molecule has 2 aromatic rings. The van der Waals surface area contributed by atoms with Crippen molar-refractivity contribution in [3.8, 4) is 5.75 Å². The number of anilines is 1. The van der Waals surface area contributed by atoms with Crippen LogP contribution in [-0.4, -0.2) is 37.2 Å². The third kappa shape index (κ3) is 9.83. The predicted octanol–water partition coefficient (Wildman–Crippen LogP) is 4.09. The summed E-state index contributed by atoms with van der Waals surface area (Å²) < 4.78 is 10.9. The molecule has 1 amide bonds. The zero-order chi connectivity index (χ0) is 23.6. The van der Waals surface area contributed by atoms with Crippen LogP contribution in [0.4, 0.5) is 5.69 Å². The summed E-state index contributed by atoms with van der Waals surface area (Å²) in [6, 6.07) is 15.7. The van der Waals surface area contributed by atoms with E-state index < -0.39 is 0 Å². The highest BCUT2D eigenvalue weighted by atomic mass is 16.5. The fourth-order valence-corrected chi connectivity index (χ4v) is 2.95. The lowest BCUT2D eigenvalue weighted by Crippen LogP contribution is -2.46. The Labute approximate surface area is 191 Å². The summed E-state index contributed by atoms with van der Waals surface area (Å²) in [5.41, 5.74) is 2.70. The maximum Gasteiger partial charge on any atom is 0.239 e. The van der Waals surface area contributed by atoms with Crippen molar-refractivity contribution in [1.29, 1.82) is 0 Å². The van der Waals surface area contributed by atoms with Crippen LogP contribution < -0.4 is 20.7 Å². The molecule has 174 valence electrons. The Bertz CT molecular complexity index is 887. The van der Waals surface area contributed by atoms with E-state index in [1.54, 1.807) is 7.11 Å². The number of carbonyl (C=O) groups is 1. The van der Waals surface area contributed by atoms with E-state index in [0.29, 0.717) is 19.1 Å². The van der Waals surface area contributed by atoms with Gasteiger partial charge in [0.15, 0.2) is 5.96 Å². The van der Waals surface area contributed by atoms with Crippen molar-refractivity contribution >= 4 is 17.6 Å². The fourth-order valence-electron chi connectivity index (χ4n) is 2.95. The summed E-state index contributed by atoms with van der Waals surface area (Å²) in [4.78, 5) is 16.9. The molecule has 3 N–H and O–H groups in total. The normalized spacial score (nSPS) is 11.9. The molecule has 0 aliphatic rings. The first-order chi connectivity index (χ1) is 15.1. The topological polar surface area (TPSA) is 84.0 Å². The Morgan fingerprint density at radius 1 is 1.06 bits per heavy atom. The van der Waals surface area contributed by atoms with E-state index in [2.05, 4.69) is 27.0 Å². The third-order valence-electron chi connectivity index (χ3n) is 4.14. The number of carbonyl (C=O) groups excluding carboxylic acids is 1. The molecule has 0 heterocycles. The molecular formula is C25H36N4O3. The van der Waals surface area contributed by atoms with Crippen LogP contribution in [0.1, 0.15) is 45.7 Å². The monoisotopic (exact) mass is 440 g/mol. The van der Waals surface area contributed by atoms with Crippen molar-refractivity contribution in [2.45, 2.75) is 59.4 Å². The average Bonchev–Trinajstić information content (AvgIpc) is 2.70. The van der Waals surface area contributed by atoms with Crippen LogP contribution in [0.25, 0.3) is 0 Å². The van der Waals surface area contributed by atoms with E-state index in [-0.39, 0.29) is 24.1 Å². The Morgan fingerprint density at radius 2 is 1.75 bits per heavy atom. The SMILES string of the molecule is COCc1cccc(CN=C(NCC(=O)NC(C)(C)C)Nc2ccc(OC(C)C)cc2)c1. The third-order valence-corrected chi connectivity index (χ3v) is 4.14. The number of rotatable bonds is 9. The van der Waals surface area contributed by atoms with Crippen molar-refractivity contribution in [1.82, 2.24) is 10.6 Å². The van der Waals surface area contributed by atoms with E-state index in [1.165, 1.54) is 0 Å². The molecule has 0 atom stereocenters. The van der Waals surface area contributed by atoms with Gasteiger partial charge in [0, 0.05) is 18.3 Å². The van der Waals surface area contributed by atoms with Crippen LogP contribution in [-0.2, 0) is 22.7 Å². The van der Waals surface area contributed by atoms with Gasteiger partial charge in [-0.3, -0.25) is 4.79 Å². The van der Waals surface area contributed by atoms with Crippen molar-refractivity contribution in [3.63, 3.8) is 0 Å². The number of aliphatic imine (C=N–C) groups is 1. The second-order valence-electron chi connectivity index (χ2n) is 8.89. The minimum atomic E-state index is -0.294. The van der Waals surface area contributed by atoms with Gasteiger partial charge in [0.05, 0.1) is 25.8 Å². The van der Waals surface area contributed by atoms with Crippen LogP contribution in [0.3, 0.4) is 0 Å². The van der Waals surface area contributed by atoms with E-state index in [4.69, 9.17) is 9.47 Å².